The molecule has 150 valence electrons. The van der Waals surface area contributed by atoms with E-state index in [1.165, 1.54) is 0 Å². The number of ether oxygens (including phenoxy) is 3. The zero-order valence-electron chi connectivity index (χ0n) is 15.8. The molecule has 1 fully saturated rings. The number of hydrogen-bond donors (Lipinski definition) is 1. The smallest absolute Gasteiger partial charge is 0.231 e. The lowest BCUT2D eigenvalue weighted by molar-refractivity contribution is -0.120. The molecule has 2 aliphatic rings. The van der Waals surface area contributed by atoms with E-state index in [9.17, 15) is 4.79 Å². The predicted octanol–water partition coefficient (Wildman–Crippen LogP) is 1.72. The third-order valence-corrected chi connectivity index (χ3v) is 5.97. The second-order valence-electron chi connectivity index (χ2n) is 6.87. The van der Waals surface area contributed by atoms with E-state index in [1.54, 1.807) is 11.8 Å². The predicted molar refractivity (Wildman–Crippen MR) is 104 cm³/mol. The van der Waals surface area contributed by atoms with Crippen LogP contribution >= 0.6 is 11.8 Å². The molecule has 1 aromatic carbocycles. The Hall–Kier alpha value is -2.26. The van der Waals surface area contributed by atoms with Crippen molar-refractivity contribution >= 4 is 17.7 Å². The van der Waals surface area contributed by atoms with Crippen LogP contribution in [-0.2, 0) is 29.4 Å². The molecular formula is C19H24N4O4S. The van der Waals surface area contributed by atoms with E-state index in [-0.39, 0.29) is 12.7 Å². The lowest BCUT2D eigenvalue weighted by Crippen LogP contribution is -2.27. The normalized spacial score (nSPS) is 17.8. The molecule has 28 heavy (non-hydrogen) atoms. The first-order valence-corrected chi connectivity index (χ1v) is 10.5. The van der Waals surface area contributed by atoms with Crippen molar-refractivity contribution in [2.75, 3.05) is 25.7 Å². The third-order valence-electron chi connectivity index (χ3n) is 4.82. The molecule has 1 saturated heterocycles. The zero-order valence-corrected chi connectivity index (χ0v) is 16.7. The highest BCUT2D eigenvalue weighted by molar-refractivity contribution is 7.99. The third kappa shape index (κ3) is 4.59. The molecule has 1 N–H and O–H groups in total. The van der Waals surface area contributed by atoms with E-state index in [2.05, 4.69) is 15.5 Å². The molecule has 9 heteroatoms. The molecule has 1 amide bonds. The second kappa shape index (κ2) is 8.83. The number of fused-ring (bicyclic) bond motifs is 1. The minimum Gasteiger partial charge on any atom is -0.454 e. The Kier molecular flexibility index (Phi) is 6.01. The SMILES string of the molecule is Cn1c(CCNC(=O)Cc2ccc3c(c2)OCO3)nnc1SCC1CCCO1. The van der Waals surface area contributed by atoms with E-state index in [4.69, 9.17) is 14.2 Å². The molecule has 3 heterocycles. The number of hydrogen-bond acceptors (Lipinski definition) is 7. The van der Waals surface area contributed by atoms with E-state index in [0.29, 0.717) is 31.2 Å². The molecule has 0 aliphatic carbocycles. The molecule has 0 bridgehead atoms. The molecule has 2 aromatic rings. The number of thioether (sulfide) groups is 1. The standard InChI is InChI=1S/C19H24N4O4S/c1-23-17(21-22-19(23)28-11-14-3-2-8-25-14)6-7-20-18(24)10-13-4-5-15-16(9-13)27-12-26-15/h4-5,9,14H,2-3,6-8,10-12H2,1H3,(H,20,24). The Bertz CT molecular complexity index is 835. The molecule has 0 radical (unpaired) electrons. The number of nitrogens with one attached hydrogen (secondary N) is 1. The summed E-state index contributed by atoms with van der Waals surface area (Å²) in [6.45, 7) is 1.61. The average Bonchev–Trinajstić information content (AvgIpc) is 3.42. The molecule has 1 aromatic heterocycles. The highest BCUT2D eigenvalue weighted by Gasteiger charge is 2.18. The largest absolute Gasteiger partial charge is 0.454 e. The van der Waals surface area contributed by atoms with Gasteiger partial charge in [-0.1, -0.05) is 17.8 Å². The first kappa shape index (κ1) is 19.1. The van der Waals surface area contributed by atoms with Crippen LogP contribution < -0.4 is 14.8 Å². The van der Waals surface area contributed by atoms with Gasteiger partial charge in [0.1, 0.15) is 5.82 Å². The fourth-order valence-corrected chi connectivity index (χ4v) is 4.24. The van der Waals surface area contributed by atoms with Gasteiger partial charge in [-0.25, -0.2) is 0 Å². The van der Waals surface area contributed by atoms with Crippen molar-refractivity contribution in [3.8, 4) is 11.5 Å². The molecule has 1 atom stereocenters. The van der Waals surface area contributed by atoms with Gasteiger partial charge in [0, 0.05) is 32.4 Å². The summed E-state index contributed by atoms with van der Waals surface area (Å²) in [6.07, 6.45) is 3.52. The maximum absolute atomic E-state index is 12.2. The quantitative estimate of drug-likeness (QED) is 0.670. The Morgan fingerprint density at radius 3 is 3.07 bits per heavy atom. The number of aromatic nitrogens is 3. The van der Waals surface area contributed by atoms with Crippen molar-refractivity contribution < 1.29 is 19.0 Å². The number of carbonyl (C=O) groups is 1. The Morgan fingerprint density at radius 2 is 2.21 bits per heavy atom. The summed E-state index contributed by atoms with van der Waals surface area (Å²) >= 11 is 1.67. The van der Waals surface area contributed by atoms with Gasteiger partial charge in [0.2, 0.25) is 12.7 Å². The number of amides is 1. The van der Waals surface area contributed by atoms with Crippen LogP contribution in [0, 0.1) is 0 Å². The lowest BCUT2D eigenvalue weighted by atomic mass is 10.1. The van der Waals surface area contributed by atoms with Crippen LogP contribution in [0.1, 0.15) is 24.2 Å². The summed E-state index contributed by atoms with van der Waals surface area (Å²) in [7, 11) is 1.96. The van der Waals surface area contributed by atoms with Gasteiger partial charge in [-0.05, 0) is 30.5 Å². The lowest BCUT2D eigenvalue weighted by Gasteiger charge is -2.09. The van der Waals surface area contributed by atoms with Gasteiger partial charge < -0.3 is 24.1 Å². The summed E-state index contributed by atoms with van der Waals surface area (Å²) < 4.78 is 18.3. The van der Waals surface area contributed by atoms with Gasteiger partial charge in [0.15, 0.2) is 16.7 Å². The van der Waals surface area contributed by atoms with Crippen LogP contribution in [0.5, 0.6) is 11.5 Å². The van der Waals surface area contributed by atoms with Crippen molar-refractivity contribution in [1.29, 1.82) is 0 Å². The fraction of sp³-hybridized carbons (Fsp3) is 0.526. The summed E-state index contributed by atoms with van der Waals surface area (Å²) in [5.74, 6) is 3.14. The molecule has 8 nitrogen and oxygen atoms in total. The van der Waals surface area contributed by atoms with Crippen LogP contribution in [0.4, 0.5) is 0 Å². The molecule has 2 aliphatic heterocycles. The van der Waals surface area contributed by atoms with E-state index in [0.717, 1.165) is 47.5 Å². The summed E-state index contributed by atoms with van der Waals surface area (Å²) in [6, 6.07) is 5.57. The van der Waals surface area contributed by atoms with Gasteiger partial charge >= 0.3 is 0 Å². The molecule has 1 unspecified atom stereocenters. The number of nitrogens with zero attached hydrogens (tertiary/aromatic N) is 3. The van der Waals surface area contributed by atoms with Gasteiger partial charge in [0.25, 0.3) is 0 Å². The van der Waals surface area contributed by atoms with E-state index >= 15 is 0 Å². The first-order valence-electron chi connectivity index (χ1n) is 9.47. The van der Waals surface area contributed by atoms with Crippen LogP contribution in [0.2, 0.25) is 0 Å². The molecule has 0 saturated carbocycles. The number of benzene rings is 1. The topological polar surface area (TPSA) is 87.5 Å². The maximum atomic E-state index is 12.2. The van der Waals surface area contributed by atoms with Crippen LogP contribution in [0.3, 0.4) is 0 Å². The number of rotatable bonds is 8. The van der Waals surface area contributed by atoms with Crippen LogP contribution in [0.15, 0.2) is 23.4 Å². The average molecular weight is 404 g/mol. The fourth-order valence-electron chi connectivity index (χ4n) is 3.24. The van der Waals surface area contributed by atoms with Crippen molar-refractivity contribution in [2.45, 2.75) is 36.9 Å². The van der Waals surface area contributed by atoms with E-state index < -0.39 is 0 Å². The summed E-state index contributed by atoms with van der Waals surface area (Å²) in [5.41, 5.74) is 0.897. The van der Waals surface area contributed by atoms with Gasteiger partial charge in [0.05, 0.1) is 12.5 Å². The molecular weight excluding hydrogens is 380 g/mol. The van der Waals surface area contributed by atoms with Gasteiger partial charge in [-0.3, -0.25) is 4.79 Å². The molecule has 4 rings (SSSR count). The minimum atomic E-state index is -0.0333. The molecule has 0 spiro atoms. The van der Waals surface area contributed by atoms with Crippen LogP contribution in [0.25, 0.3) is 0 Å². The van der Waals surface area contributed by atoms with E-state index in [1.807, 2.05) is 29.8 Å². The monoisotopic (exact) mass is 404 g/mol. The van der Waals surface area contributed by atoms with Crippen molar-refractivity contribution in [1.82, 2.24) is 20.1 Å². The summed E-state index contributed by atoms with van der Waals surface area (Å²) in [5, 5.41) is 12.3. The van der Waals surface area contributed by atoms with Gasteiger partial charge in [-0.2, -0.15) is 0 Å². The minimum absolute atomic E-state index is 0.0333. The van der Waals surface area contributed by atoms with Crippen LogP contribution in [-0.4, -0.2) is 52.5 Å². The maximum Gasteiger partial charge on any atom is 0.231 e. The Morgan fingerprint density at radius 1 is 1.32 bits per heavy atom. The van der Waals surface area contributed by atoms with Crippen molar-refractivity contribution in [3.05, 3.63) is 29.6 Å². The van der Waals surface area contributed by atoms with Crippen molar-refractivity contribution in [3.63, 3.8) is 0 Å². The highest BCUT2D eigenvalue weighted by atomic mass is 32.2. The Balaban J connectivity index is 1.21. The van der Waals surface area contributed by atoms with Crippen molar-refractivity contribution in [2.24, 2.45) is 7.05 Å². The van der Waals surface area contributed by atoms with Gasteiger partial charge in [-0.15, -0.1) is 10.2 Å². The number of carbonyl (C=O) groups excluding carboxylic acids is 1. The summed E-state index contributed by atoms with van der Waals surface area (Å²) in [4.78, 5) is 12.2. The first-order chi connectivity index (χ1) is 13.7. The highest BCUT2D eigenvalue weighted by Crippen LogP contribution is 2.32. The zero-order chi connectivity index (χ0) is 19.3. The second-order valence-corrected chi connectivity index (χ2v) is 7.86. The Labute approximate surface area is 167 Å².